The molecule has 1 fully saturated rings. The maximum atomic E-state index is 12.5. The molecule has 7 nitrogen and oxygen atoms in total. The van der Waals surface area contributed by atoms with Crippen LogP contribution >= 0.6 is 24.8 Å². The van der Waals surface area contributed by atoms with E-state index in [1.807, 2.05) is 37.3 Å². The number of halogens is 2. The summed E-state index contributed by atoms with van der Waals surface area (Å²) in [6.45, 7) is 3.49. The normalized spacial score (nSPS) is 15.8. The average Bonchev–Trinajstić information content (AvgIpc) is 3.29. The Hall–Kier alpha value is -2.22. The Balaban J connectivity index is 0.00000131. The van der Waals surface area contributed by atoms with Crippen molar-refractivity contribution in [1.82, 2.24) is 30.6 Å². The lowest BCUT2D eigenvalue weighted by molar-refractivity contribution is 0.0944. The summed E-state index contributed by atoms with van der Waals surface area (Å²) in [5.74, 6) is -0.184. The number of pyridine rings is 1. The van der Waals surface area contributed by atoms with Crippen molar-refractivity contribution in [2.24, 2.45) is 0 Å². The molecular weight excluding hydrogens is 387 g/mol. The van der Waals surface area contributed by atoms with Gasteiger partial charge in [-0.1, -0.05) is 11.3 Å². The van der Waals surface area contributed by atoms with Crippen molar-refractivity contribution in [3.05, 3.63) is 47.9 Å². The summed E-state index contributed by atoms with van der Waals surface area (Å²) in [6, 6.07) is 10.1. The fourth-order valence-corrected chi connectivity index (χ4v) is 3.27. The van der Waals surface area contributed by atoms with Crippen molar-refractivity contribution in [3.8, 4) is 5.69 Å². The van der Waals surface area contributed by atoms with Gasteiger partial charge in [0.1, 0.15) is 0 Å². The third kappa shape index (κ3) is 4.21. The van der Waals surface area contributed by atoms with Crippen molar-refractivity contribution in [2.75, 3.05) is 13.1 Å². The molecule has 2 aromatic heterocycles. The highest BCUT2D eigenvalue weighted by atomic mass is 35.5. The Morgan fingerprint density at radius 1 is 1.30 bits per heavy atom. The van der Waals surface area contributed by atoms with Gasteiger partial charge < -0.3 is 10.6 Å². The molecule has 1 saturated heterocycles. The number of amides is 1. The molecule has 2 N–H and O–H groups in total. The molecule has 144 valence electrons. The van der Waals surface area contributed by atoms with E-state index in [4.69, 9.17) is 0 Å². The molecule has 1 unspecified atom stereocenters. The molecule has 3 heterocycles. The first kappa shape index (κ1) is 21.1. The van der Waals surface area contributed by atoms with Crippen LogP contribution in [0.1, 0.15) is 29.0 Å². The van der Waals surface area contributed by atoms with Crippen LogP contribution in [0.15, 0.2) is 36.5 Å². The molecule has 0 spiro atoms. The van der Waals surface area contributed by atoms with Crippen LogP contribution in [0.3, 0.4) is 0 Å². The average molecular weight is 409 g/mol. The Labute approximate surface area is 169 Å². The number of carbonyl (C=O) groups excluding carboxylic acids is 1. The van der Waals surface area contributed by atoms with E-state index in [0.29, 0.717) is 24.0 Å². The lowest BCUT2D eigenvalue weighted by Crippen LogP contribution is -2.37. The van der Waals surface area contributed by atoms with Gasteiger partial charge in [0.2, 0.25) is 0 Å². The largest absolute Gasteiger partial charge is 0.349 e. The molecule has 1 aromatic carbocycles. The maximum Gasteiger partial charge on any atom is 0.273 e. The van der Waals surface area contributed by atoms with Gasteiger partial charge >= 0.3 is 0 Å². The monoisotopic (exact) mass is 408 g/mol. The van der Waals surface area contributed by atoms with Gasteiger partial charge in [-0.05, 0) is 50.6 Å². The maximum absolute atomic E-state index is 12.5. The molecule has 0 radical (unpaired) electrons. The van der Waals surface area contributed by atoms with Crippen LogP contribution < -0.4 is 10.6 Å². The number of carbonyl (C=O) groups is 1. The van der Waals surface area contributed by atoms with E-state index >= 15 is 0 Å². The minimum atomic E-state index is -0.184. The molecule has 1 aliphatic heterocycles. The summed E-state index contributed by atoms with van der Waals surface area (Å²) in [4.78, 5) is 16.8. The molecule has 3 aromatic rings. The van der Waals surface area contributed by atoms with Crippen LogP contribution in [0.2, 0.25) is 0 Å². The van der Waals surface area contributed by atoms with Crippen LogP contribution in [-0.2, 0) is 0 Å². The fraction of sp³-hybridized carbons (Fsp3) is 0.333. The van der Waals surface area contributed by atoms with Crippen LogP contribution in [0.4, 0.5) is 0 Å². The van der Waals surface area contributed by atoms with Crippen LogP contribution in [0.5, 0.6) is 0 Å². The molecule has 0 saturated carbocycles. The highest BCUT2D eigenvalue weighted by molar-refractivity contribution is 5.94. The Morgan fingerprint density at radius 2 is 2.15 bits per heavy atom. The van der Waals surface area contributed by atoms with E-state index in [0.717, 1.165) is 36.0 Å². The quantitative estimate of drug-likeness (QED) is 0.692. The summed E-state index contributed by atoms with van der Waals surface area (Å²) in [6.07, 6.45) is 4.01. The number of fused-ring (bicyclic) bond motifs is 1. The van der Waals surface area contributed by atoms with Gasteiger partial charge in [0.15, 0.2) is 5.69 Å². The Morgan fingerprint density at radius 3 is 2.93 bits per heavy atom. The van der Waals surface area contributed by atoms with E-state index < -0.39 is 0 Å². The van der Waals surface area contributed by atoms with Crippen molar-refractivity contribution in [1.29, 1.82) is 0 Å². The number of hydrogen-bond donors (Lipinski definition) is 2. The lowest BCUT2D eigenvalue weighted by atomic mass is 10.1. The molecule has 4 rings (SSSR count). The lowest BCUT2D eigenvalue weighted by Gasteiger charge is -2.11. The van der Waals surface area contributed by atoms with Gasteiger partial charge in [0, 0.05) is 24.2 Å². The number of benzene rings is 1. The summed E-state index contributed by atoms with van der Waals surface area (Å²) in [7, 11) is 0. The first-order valence-electron chi connectivity index (χ1n) is 8.52. The first-order valence-corrected chi connectivity index (χ1v) is 8.52. The van der Waals surface area contributed by atoms with Crippen LogP contribution in [0.25, 0.3) is 16.6 Å². The van der Waals surface area contributed by atoms with Gasteiger partial charge in [0.25, 0.3) is 5.91 Å². The summed E-state index contributed by atoms with van der Waals surface area (Å²) in [5.41, 5.74) is 2.83. The molecule has 0 aliphatic carbocycles. The molecule has 0 bridgehead atoms. The number of hydrogen-bond acceptors (Lipinski definition) is 5. The standard InChI is InChI=1S/C18H20N6O.2ClH/c1-12-17(18(25)21-11-13-5-3-9-19-13)22-23-24(12)16-8-2-7-15-14(16)6-4-10-20-15;;/h2,4,6-8,10,13,19H,3,5,9,11H2,1H3,(H,21,25);2*1H. The molecular formula is C18H22Cl2N6O. The zero-order chi connectivity index (χ0) is 17.2. The van der Waals surface area contributed by atoms with Gasteiger partial charge in [-0.2, -0.15) is 0 Å². The molecule has 1 atom stereocenters. The third-order valence-electron chi connectivity index (χ3n) is 4.63. The van der Waals surface area contributed by atoms with E-state index in [-0.39, 0.29) is 30.7 Å². The van der Waals surface area contributed by atoms with E-state index in [2.05, 4.69) is 25.9 Å². The van der Waals surface area contributed by atoms with Gasteiger partial charge in [-0.3, -0.25) is 9.78 Å². The number of aromatic nitrogens is 4. The number of nitrogens with zero attached hydrogens (tertiary/aromatic N) is 4. The van der Waals surface area contributed by atoms with Gasteiger partial charge in [-0.25, -0.2) is 4.68 Å². The Kier molecular flexibility index (Phi) is 7.12. The molecule has 27 heavy (non-hydrogen) atoms. The van der Waals surface area contributed by atoms with E-state index in [9.17, 15) is 4.79 Å². The third-order valence-corrected chi connectivity index (χ3v) is 4.63. The minimum absolute atomic E-state index is 0. The smallest absolute Gasteiger partial charge is 0.273 e. The Bertz CT molecular complexity index is 918. The minimum Gasteiger partial charge on any atom is -0.349 e. The van der Waals surface area contributed by atoms with Crippen molar-refractivity contribution in [2.45, 2.75) is 25.8 Å². The number of rotatable bonds is 4. The molecule has 9 heteroatoms. The summed E-state index contributed by atoms with van der Waals surface area (Å²) < 4.78 is 1.70. The predicted molar refractivity (Wildman–Crippen MR) is 109 cm³/mol. The topological polar surface area (TPSA) is 84.7 Å². The second-order valence-corrected chi connectivity index (χ2v) is 6.29. The van der Waals surface area contributed by atoms with E-state index in [1.54, 1.807) is 10.9 Å². The highest BCUT2D eigenvalue weighted by Crippen LogP contribution is 2.21. The van der Waals surface area contributed by atoms with E-state index in [1.165, 1.54) is 0 Å². The highest BCUT2D eigenvalue weighted by Gasteiger charge is 2.20. The summed E-state index contributed by atoms with van der Waals surface area (Å²) >= 11 is 0. The van der Waals surface area contributed by atoms with Crippen molar-refractivity contribution >= 4 is 41.6 Å². The zero-order valence-corrected chi connectivity index (χ0v) is 16.5. The second-order valence-electron chi connectivity index (χ2n) is 6.29. The van der Waals surface area contributed by atoms with Crippen LogP contribution in [0, 0.1) is 6.92 Å². The predicted octanol–water partition coefficient (Wildman–Crippen LogP) is 2.45. The van der Waals surface area contributed by atoms with Gasteiger partial charge in [-0.15, -0.1) is 29.9 Å². The zero-order valence-electron chi connectivity index (χ0n) is 14.9. The molecule has 1 amide bonds. The second kappa shape index (κ2) is 9.12. The first-order chi connectivity index (χ1) is 12.2. The van der Waals surface area contributed by atoms with Crippen molar-refractivity contribution in [3.63, 3.8) is 0 Å². The molecule has 1 aliphatic rings. The van der Waals surface area contributed by atoms with Crippen molar-refractivity contribution < 1.29 is 4.79 Å². The fourth-order valence-electron chi connectivity index (χ4n) is 3.27. The number of nitrogens with one attached hydrogen (secondary N) is 2. The SMILES string of the molecule is Cc1c(C(=O)NCC2CCCN2)nnn1-c1cccc2ncccc12.Cl.Cl. The van der Waals surface area contributed by atoms with Gasteiger partial charge in [0.05, 0.1) is 16.9 Å². The summed E-state index contributed by atoms with van der Waals surface area (Å²) in [5, 5.41) is 15.6. The van der Waals surface area contributed by atoms with Crippen LogP contribution in [-0.4, -0.2) is 45.0 Å².